The summed E-state index contributed by atoms with van der Waals surface area (Å²) in [5, 5.41) is 0. The zero-order valence-electron chi connectivity index (χ0n) is 14.8. The van der Waals surface area contributed by atoms with Crippen molar-refractivity contribution >= 4 is 11.9 Å². The summed E-state index contributed by atoms with van der Waals surface area (Å²) in [6.07, 6.45) is 0.188. The Morgan fingerprint density at radius 1 is 1.17 bits per heavy atom. The van der Waals surface area contributed by atoms with Gasteiger partial charge in [-0.25, -0.2) is 4.79 Å². The van der Waals surface area contributed by atoms with Crippen LogP contribution in [-0.4, -0.2) is 44.4 Å². The minimum atomic E-state index is -0.937. The Morgan fingerprint density at radius 3 is 2.38 bits per heavy atom. The van der Waals surface area contributed by atoms with Gasteiger partial charge in [0, 0.05) is 12.0 Å². The van der Waals surface area contributed by atoms with Gasteiger partial charge in [-0.05, 0) is 26.8 Å². The molecule has 0 aromatic heterocycles. The molecular formula is C17H25NO6. The SMILES string of the molecule is COc1cccc(C[C@H](N)C(=O)OCC(=O)OC(C)(C)C)c1OC. The molecule has 0 aliphatic rings. The Kier molecular flexibility index (Phi) is 7.03. The van der Waals surface area contributed by atoms with E-state index in [9.17, 15) is 9.59 Å². The smallest absolute Gasteiger partial charge is 0.344 e. The summed E-state index contributed by atoms with van der Waals surface area (Å²) in [6.45, 7) is 4.72. The van der Waals surface area contributed by atoms with E-state index in [4.69, 9.17) is 24.7 Å². The van der Waals surface area contributed by atoms with Gasteiger partial charge in [0.05, 0.1) is 14.2 Å². The first kappa shape index (κ1) is 19.8. The van der Waals surface area contributed by atoms with Crippen molar-refractivity contribution in [2.75, 3.05) is 20.8 Å². The number of nitrogens with two attached hydrogens (primary N) is 1. The van der Waals surface area contributed by atoms with E-state index in [2.05, 4.69) is 0 Å². The van der Waals surface area contributed by atoms with Crippen molar-refractivity contribution in [3.63, 3.8) is 0 Å². The second-order valence-electron chi connectivity index (χ2n) is 6.16. The van der Waals surface area contributed by atoms with E-state index < -0.39 is 30.2 Å². The molecule has 134 valence electrons. The summed E-state index contributed by atoms with van der Waals surface area (Å²) in [7, 11) is 3.03. The van der Waals surface area contributed by atoms with E-state index in [-0.39, 0.29) is 6.42 Å². The van der Waals surface area contributed by atoms with Crippen molar-refractivity contribution in [1.82, 2.24) is 0 Å². The zero-order valence-corrected chi connectivity index (χ0v) is 14.8. The second-order valence-corrected chi connectivity index (χ2v) is 6.16. The molecule has 0 heterocycles. The zero-order chi connectivity index (χ0) is 18.3. The third-order valence-electron chi connectivity index (χ3n) is 2.98. The lowest BCUT2D eigenvalue weighted by molar-refractivity contribution is -0.167. The molecule has 1 atom stereocenters. The fourth-order valence-corrected chi connectivity index (χ4v) is 2.04. The van der Waals surface area contributed by atoms with Gasteiger partial charge in [-0.3, -0.25) is 4.79 Å². The molecule has 7 nitrogen and oxygen atoms in total. The summed E-state index contributed by atoms with van der Waals surface area (Å²) < 4.78 is 20.5. The van der Waals surface area contributed by atoms with Crippen molar-refractivity contribution in [3.8, 4) is 11.5 Å². The standard InChI is InChI=1S/C17H25NO6/c1-17(2,3)24-14(19)10-23-16(20)12(18)9-11-7-6-8-13(21-4)15(11)22-5/h6-8,12H,9-10,18H2,1-5H3/t12-/m0/s1. The van der Waals surface area contributed by atoms with E-state index in [1.807, 2.05) is 0 Å². The molecule has 0 fully saturated rings. The molecule has 0 saturated carbocycles. The lowest BCUT2D eigenvalue weighted by Crippen LogP contribution is -2.36. The number of carbonyl (C=O) groups is 2. The van der Waals surface area contributed by atoms with Crippen LogP contribution in [0.5, 0.6) is 11.5 Å². The fourth-order valence-electron chi connectivity index (χ4n) is 2.04. The van der Waals surface area contributed by atoms with Crippen LogP contribution in [0.2, 0.25) is 0 Å². The minimum Gasteiger partial charge on any atom is -0.493 e. The third-order valence-corrected chi connectivity index (χ3v) is 2.98. The number of hydrogen-bond acceptors (Lipinski definition) is 7. The Hall–Kier alpha value is -2.28. The molecule has 0 bridgehead atoms. The molecule has 24 heavy (non-hydrogen) atoms. The normalized spacial score (nSPS) is 12.2. The largest absolute Gasteiger partial charge is 0.493 e. The molecule has 0 amide bonds. The average Bonchev–Trinajstić information content (AvgIpc) is 2.50. The predicted molar refractivity (Wildman–Crippen MR) is 88.0 cm³/mol. The number of rotatable bonds is 7. The predicted octanol–water partition coefficient (Wildman–Crippen LogP) is 1.46. The first-order valence-corrected chi connectivity index (χ1v) is 7.52. The van der Waals surface area contributed by atoms with Crippen LogP contribution in [-0.2, 0) is 25.5 Å². The Balaban J connectivity index is 2.63. The Labute approximate surface area is 142 Å². The number of hydrogen-bond donors (Lipinski definition) is 1. The molecule has 2 N–H and O–H groups in total. The maximum atomic E-state index is 11.9. The number of para-hydroxylation sites is 1. The maximum Gasteiger partial charge on any atom is 0.344 e. The van der Waals surface area contributed by atoms with Crippen LogP contribution in [0.4, 0.5) is 0 Å². The highest BCUT2D eigenvalue weighted by Crippen LogP contribution is 2.31. The van der Waals surface area contributed by atoms with Crippen molar-refractivity contribution < 1.29 is 28.5 Å². The van der Waals surface area contributed by atoms with Crippen LogP contribution in [0, 0.1) is 0 Å². The van der Waals surface area contributed by atoms with Crippen molar-refractivity contribution in [2.45, 2.75) is 38.8 Å². The summed E-state index contributed by atoms with van der Waals surface area (Å²) in [5.74, 6) is -0.257. The third kappa shape index (κ3) is 6.08. The van der Waals surface area contributed by atoms with Gasteiger partial charge in [-0.1, -0.05) is 12.1 Å². The minimum absolute atomic E-state index is 0.188. The molecule has 0 radical (unpaired) electrons. The second kappa shape index (κ2) is 8.54. The van der Waals surface area contributed by atoms with Crippen molar-refractivity contribution in [2.24, 2.45) is 5.73 Å². The molecular weight excluding hydrogens is 314 g/mol. The molecule has 1 rings (SSSR count). The summed E-state index contributed by atoms with van der Waals surface area (Å²) in [4.78, 5) is 23.5. The molecule has 0 aliphatic heterocycles. The summed E-state index contributed by atoms with van der Waals surface area (Å²) >= 11 is 0. The van der Waals surface area contributed by atoms with Gasteiger partial charge in [0.2, 0.25) is 0 Å². The Morgan fingerprint density at radius 2 is 1.83 bits per heavy atom. The van der Waals surface area contributed by atoms with Crippen LogP contribution in [0.1, 0.15) is 26.3 Å². The van der Waals surface area contributed by atoms with Crippen LogP contribution in [0.15, 0.2) is 18.2 Å². The molecule has 7 heteroatoms. The molecule has 1 aromatic rings. The van der Waals surface area contributed by atoms with E-state index in [0.29, 0.717) is 17.1 Å². The average molecular weight is 339 g/mol. The Bertz CT molecular complexity index is 579. The van der Waals surface area contributed by atoms with E-state index in [1.165, 1.54) is 14.2 Å². The first-order chi connectivity index (χ1) is 11.2. The lowest BCUT2D eigenvalue weighted by Gasteiger charge is -2.20. The van der Waals surface area contributed by atoms with Crippen molar-refractivity contribution in [1.29, 1.82) is 0 Å². The van der Waals surface area contributed by atoms with Crippen molar-refractivity contribution in [3.05, 3.63) is 23.8 Å². The first-order valence-electron chi connectivity index (χ1n) is 7.52. The topological polar surface area (TPSA) is 97.1 Å². The number of methoxy groups -OCH3 is 2. The quantitative estimate of drug-likeness (QED) is 0.751. The summed E-state index contributed by atoms with van der Waals surface area (Å²) in [6, 6.07) is 4.36. The number of carbonyl (C=O) groups excluding carboxylic acids is 2. The van der Waals surface area contributed by atoms with Gasteiger partial charge in [0.25, 0.3) is 0 Å². The van der Waals surface area contributed by atoms with Gasteiger partial charge in [-0.2, -0.15) is 0 Å². The molecule has 1 aromatic carbocycles. The van der Waals surface area contributed by atoms with Crippen LogP contribution in [0.3, 0.4) is 0 Å². The maximum absolute atomic E-state index is 11.9. The van der Waals surface area contributed by atoms with Crippen LogP contribution in [0.25, 0.3) is 0 Å². The summed E-state index contributed by atoms with van der Waals surface area (Å²) in [5.41, 5.74) is 5.92. The van der Waals surface area contributed by atoms with E-state index >= 15 is 0 Å². The van der Waals surface area contributed by atoms with Crippen LogP contribution >= 0.6 is 0 Å². The number of esters is 2. The van der Waals surface area contributed by atoms with Gasteiger partial charge in [-0.15, -0.1) is 0 Å². The molecule has 0 spiro atoms. The highest BCUT2D eigenvalue weighted by atomic mass is 16.6. The van der Waals surface area contributed by atoms with E-state index in [0.717, 1.165) is 0 Å². The molecule has 0 aliphatic carbocycles. The van der Waals surface area contributed by atoms with Gasteiger partial charge < -0.3 is 24.7 Å². The fraction of sp³-hybridized carbons (Fsp3) is 0.529. The number of benzene rings is 1. The van der Waals surface area contributed by atoms with Gasteiger partial charge in [0.1, 0.15) is 11.6 Å². The van der Waals surface area contributed by atoms with Crippen LogP contribution < -0.4 is 15.2 Å². The van der Waals surface area contributed by atoms with E-state index in [1.54, 1.807) is 39.0 Å². The highest BCUT2D eigenvalue weighted by Gasteiger charge is 2.22. The lowest BCUT2D eigenvalue weighted by atomic mass is 10.0. The van der Waals surface area contributed by atoms with Gasteiger partial charge >= 0.3 is 11.9 Å². The molecule has 0 unspecified atom stereocenters. The molecule has 0 saturated heterocycles. The highest BCUT2D eigenvalue weighted by molar-refractivity contribution is 5.80. The van der Waals surface area contributed by atoms with Gasteiger partial charge in [0.15, 0.2) is 18.1 Å². The number of ether oxygens (including phenoxy) is 4. The monoisotopic (exact) mass is 339 g/mol.